The molecule has 0 radical (unpaired) electrons. The van der Waals surface area contributed by atoms with Crippen LogP contribution in [0.25, 0.3) is 0 Å². The van der Waals surface area contributed by atoms with Gasteiger partial charge in [0, 0.05) is 18.4 Å². The highest BCUT2D eigenvalue weighted by Gasteiger charge is 1.94. The zero-order valence-electron chi connectivity index (χ0n) is 7.80. The first-order chi connectivity index (χ1) is 5.79. The van der Waals surface area contributed by atoms with E-state index in [0.29, 0.717) is 0 Å². The molecule has 0 amide bonds. The summed E-state index contributed by atoms with van der Waals surface area (Å²) in [4.78, 5) is 6.99. The second-order valence-electron chi connectivity index (χ2n) is 3.44. The predicted molar refractivity (Wildman–Crippen MR) is 49.7 cm³/mol. The maximum atomic E-state index is 3.94. The third-order valence-electron chi connectivity index (χ3n) is 1.77. The Balaban J connectivity index is 2.04. The highest BCUT2D eigenvalue weighted by atomic mass is 14.9. The van der Waals surface area contributed by atoms with Gasteiger partial charge in [0.1, 0.15) is 0 Å². The molecule has 0 fully saturated rings. The summed E-state index contributed by atoms with van der Waals surface area (Å²) in [5.41, 5.74) is 1.15. The number of hydrogen-bond acceptors (Lipinski definition) is 2. The van der Waals surface area contributed by atoms with Crippen LogP contribution in [0.1, 0.15) is 26.0 Å². The van der Waals surface area contributed by atoms with Gasteiger partial charge in [0.25, 0.3) is 0 Å². The van der Waals surface area contributed by atoms with Crippen LogP contribution in [0.2, 0.25) is 0 Å². The number of nitrogens with one attached hydrogen (secondary N) is 2. The van der Waals surface area contributed by atoms with Crippen LogP contribution in [0.5, 0.6) is 0 Å². The van der Waals surface area contributed by atoms with Gasteiger partial charge in [-0.25, -0.2) is 4.98 Å². The van der Waals surface area contributed by atoms with Gasteiger partial charge in [-0.3, -0.25) is 0 Å². The lowest BCUT2D eigenvalue weighted by atomic mass is 10.1. The monoisotopic (exact) mass is 167 g/mol. The maximum absolute atomic E-state index is 3.94. The van der Waals surface area contributed by atoms with Crippen LogP contribution in [0, 0.1) is 5.92 Å². The van der Waals surface area contributed by atoms with Crippen molar-refractivity contribution >= 4 is 0 Å². The third-order valence-corrected chi connectivity index (χ3v) is 1.77. The van der Waals surface area contributed by atoms with E-state index in [2.05, 4.69) is 29.1 Å². The second-order valence-corrected chi connectivity index (χ2v) is 3.44. The molecule has 12 heavy (non-hydrogen) atoms. The summed E-state index contributed by atoms with van der Waals surface area (Å²) in [6.07, 6.45) is 4.79. The van der Waals surface area contributed by atoms with E-state index in [-0.39, 0.29) is 0 Å². The lowest BCUT2D eigenvalue weighted by Gasteiger charge is -2.04. The van der Waals surface area contributed by atoms with Crippen LogP contribution in [0.3, 0.4) is 0 Å². The Morgan fingerprint density at radius 3 is 3.00 bits per heavy atom. The number of hydrogen-bond donors (Lipinski definition) is 2. The number of aromatic nitrogens is 2. The Labute approximate surface area is 73.6 Å². The van der Waals surface area contributed by atoms with E-state index in [1.165, 1.54) is 6.42 Å². The first-order valence-electron chi connectivity index (χ1n) is 4.47. The summed E-state index contributed by atoms with van der Waals surface area (Å²) in [6.45, 7) is 6.44. The first kappa shape index (κ1) is 9.26. The van der Waals surface area contributed by atoms with E-state index in [0.717, 1.165) is 24.7 Å². The minimum absolute atomic E-state index is 0.777. The van der Waals surface area contributed by atoms with Gasteiger partial charge < -0.3 is 10.3 Å². The fourth-order valence-corrected chi connectivity index (χ4v) is 0.995. The highest BCUT2D eigenvalue weighted by molar-refractivity contribution is 4.92. The zero-order valence-corrected chi connectivity index (χ0v) is 7.80. The van der Waals surface area contributed by atoms with Gasteiger partial charge >= 0.3 is 0 Å². The van der Waals surface area contributed by atoms with E-state index in [9.17, 15) is 0 Å². The SMILES string of the molecule is CC(C)CCNCc1cnc[nH]1. The Kier molecular flexibility index (Phi) is 3.80. The smallest absolute Gasteiger partial charge is 0.0922 e. The Bertz CT molecular complexity index is 192. The zero-order chi connectivity index (χ0) is 8.81. The van der Waals surface area contributed by atoms with Crippen LogP contribution in [0.15, 0.2) is 12.5 Å². The van der Waals surface area contributed by atoms with E-state index in [1.807, 2.05) is 6.20 Å². The van der Waals surface area contributed by atoms with E-state index < -0.39 is 0 Å². The molecule has 2 N–H and O–H groups in total. The van der Waals surface area contributed by atoms with Crippen molar-refractivity contribution < 1.29 is 0 Å². The fourth-order valence-electron chi connectivity index (χ4n) is 0.995. The normalized spacial score (nSPS) is 10.9. The molecule has 0 spiro atoms. The summed E-state index contributed by atoms with van der Waals surface area (Å²) < 4.78 is 0. The molecule has 1 aromatic heterocycles. The first-order valence-corrected chi connectivity index (χ1v) is 4.47. The molecule has 68 valence electrons. The largest absolute Gasteiger partial charge is 0.347 e. The quantitative estimate of drug-likeness (QED) is 0.653. The Morgan fingerprint density at radius 1 is 1.58 bits per heavy atom. The van der Waals surface area contributed by atoms with E-state index in [4.69, 9.17) is 0 Å². The summed E-state index contributed by atoms with van der Waals surface area (Å²) >= 11 is 0. The summed E-state index contributed by atoms with van der Waals surface area (Å²) in [7, 11) is 0. The standard InChI is InChI=1S/C9H17N3/c1-8(2)3-4-10-5-9-6-11-7-12-9/h6-8,10H,3-5H2,1-2H3,(H,11,12). The van der Waals surface area contributed by atoms with Crippen LogP contribution < -0.4 is 5.32 Å². The van der Waals surface area contributed by atoms with Crippen molar-refractivity contribution in [2.75, 3.05) is 6.54 Å². The molecule has 0 aliphatic heterocycles. The fraction of sp³-hybridized carbons (Fsp3) is 0.667. The van der Waals surface area contributed by atoms with E-state index >= 15 is 0 Å². The molecule has 1 heterocycles. The van der Waals surface area contributed by atoms with Crippen molar-refractivity contribution in [1.29, 1.82) is 0 Å². The molecular formula is C9H17N3. The molecule has 0 aliphatic rings. The number of imidazole rings is 1. The third kappa shape index (κ3) is 3.53. The van der Waals surface area contributed by atoms with Crippen LogP contribution in [-0.2, 0) is 6.54 Å². The van der Waals surface area contributed by atoms with E-state index in [1.54, 1.807) is 6.33 Å². The van der Waals surface area contributed by atoms with Crippen molar-refractivity contribution in [3.63, 3.8) is 0 Å². The number of H-pyrrole nitrogens is 1. The van der Waals surface area contributed by atoms with Gasteiger partial charge in [0.05, 0.1) is 6.33 Å². The average Bonchev–Trinajstić information content (AvgIpc) is 2.49. The minimum atomic E-state index is 0.777. The van der Waals surface area contributed by atoms with Crippen LogP contribution in [0.4, 0.5) is 0 Å². The lowest BCUT2D eigenvalue weighted by molar-refractivity contribution is 0.535. The number of rotatable bonds is 5. The highest BCUT2D eigenvalue weighted by Crippen LogP contribution is 1.97. The molecule has 3 nitrogen and oxygen atoms in total. The van der Waals surface area contributed by atoms with Crippen molar-refractivity contribution in [1.82, 2.24) is 15.3 Å². The molecule has 0 aromatic carbocycles. The number of aromatic amines is 1. The predicted octanol–water partition coefficient (Wildman–Crippen LogP) is 1.55. The summed E-state index contributed by atoms with van der Waals surface area (Å²) in [5.74, 6) is 0.777. The summed E-state index contributed by atoms with van der Waals surface area (Å²) in [5, 5.41) is 3.35. The van der Waals surface area contributed by atoms with Crippen LogP contribution >= 0.6 is 0 Å². The molecule has 1 rings (SSSR count). The molecule has 1 aromatic rings. The van der Waals surface area contributed by atoms with Gasteiger partial charge in [-0.15, -0.1) is 0 Å². The molecule has 0 atom stereocenters. The molecule has 0 unspecified atom stereocenters. The molecular weight excluding hydrogens is 150 g/mol. The van der Waals surface area contributed by atoms with Gasteiger partial charge in [0.2, 0.25) is 0 Å². The molecule has 0 saturated heterocycles. The minimum Gasteiger partial charge on any atom is -0.347 e. The molecule has 0 aliphatic carbocycles. The van der Waals surface area contributed by atoms with Crippen molar-refractivity contribution in [3.8, 4) is 0 Å². The average molecular weight is 167 g/mol. The summed E-state index contributed by atoms with van der Waals surface area (Å²) in [6, 6.07) is 0. The lowest BCUT2D eigenvalue weighted by Crippen LogP contribution is -2.16. The van der Waals surface area contributed by atoms with Crippen molar-refractivity contribution in [3.05, 3.63) is 18.2 Å². The topological polar surface area (TPSA) is 40.7 Å². The van der Waals surface area contributed by atoms with Gasteiger partial charge in [-0.05, 0) is 18.9 Å². The number of nitrogens with zero attached hydrogens (tertiary/aromatic N) is 1. The Hall–Kier alpha value is -0.830. The van der Waals surface area contributed by atoms with Crippen molar-refractivity contribution in [2.24, 2.45) is 5.92 Å². The second kappa shape index (κ2) is 4.93. The molecule has 0 bridgehead atoms. The van der Waals surface area contributed by atoms with Gasteiger partial charge in [-0.2, -0.15) is 0 Å². The Morgan fingerprint density at radius 2 is 2.42 bits per heavy atom. The molecule has 0 saturated carbocycles. The molecule has 3 heteroatoms. The van der Waals surface area contributed by atoms with Gasteiger partial charge in [0.15, 0.2) is 0 Å². The maximum Gasteiger partial charge on any atom is 0.0922 e. The van der Waals surface area contributed by atoms with Crippen molar-refractivity contribution in [2.45, 2.75) is 26.8 Å². The van der Waals surface area contributed by atoms with Crippen LogP contribution in [-0.4, -0.2) is 16.5 Å². The van der Waals surface area contributed by atoms with Gasteiger partial charge in [-0.1, -0.05) is 13.8 Å².